The molecule has 1 saturated heterocycles. The number of rotatable bonds is 6. The zero-order valence-electron chi connectivity index (χ0n) is 14.2. The fraction of sp³-hybridized carbons (Fsp3) is 0.750. The van der Waals surface area contributed by atoms with E-state index in [1.54, 1.807) is 11.0 Å². The number of ether oxygens (including phenoxy) is 1. The predicted octanol–water partition coefficient (Wildman–Crippen LogP) is 1.48. The first kappa shape index (κ1) is 18.5. The summed E-state index contributed by atoms with van der Waals surface area (Å²) in [5, 5.41) is 3.01. The SMILES string of the molecule is CCOC(=O)N1CCC(C(C)NC(=O)/C=C/CN(C)C)CC1. The van der Waals surface area contributed by atoms with Crippen molar-refractivity contribution in [3.05, 3.63) is 12.2 Å². The zero-order chi connectivity index (χ0) is 16.5. The lowest BCUT2D eigenvalue weighted by Crippen LogP contribution is -2.45. The number of carbonyl (C=O) groups is 2. The number of carbonyl (C=O) groups excluding carboxylic acids is 2. The van der Waals surface area contributed by atoms with Gasteiger partial charge in [-0.3, -0.25) is 4.79 Å². The molecule has 2 amide bonds. The Balaban J connectivity index is 2.33. The molecule has 1 fully saturated rings. The molecule has 6 heteroatoms. The van der Waals surface area contributed by atoms with Crippen LogP contribution in [0.2, 0.25) is 0 Å². The third kappa shape index (κ3) is 6.47. The summed E-state index contributed by atoms with van der Waals surface area (Å²) >= 11 is 0. The average molecular weight is 311 g/mol. The van der Waals surface area contributed by atoms with Gasteiger partial charge < -0.3 is 19.9 Å². The van der Waals surface area contributed by atoms with Gasteiger partial charge >= 0.3 is 6.09 Å². The number of hydrogen-bond donors (Lipinski definition) is 1. The fourth-order valence-electron chi connectivity index (χ4n) is 2.56. The Bertz CT molecular complexity index is 388. The highest BCUT2D eigenvalue weighted by atomic mass is 16.6. The monoisotopic (exact) mass is 311 g/mol. The fourth-order valence-corrected chi connectivity index (χ4v) is 2.56. The summed E-state index contributed by atoms with van der Waals surface area (Å²) in [6.07, 6.45) is 4.99. The predicted molar refractivity (Wildman–Crippen MR) is 86.6 cm³/mol. The van der Waals surface area contributed by atoms with Gasteiger partial charge in [-0.05, 0) is 46.7 Å². The number of piperidine rings is 1. The second-order valence-electron chi connectivity index (χ2n) is 5.99. The summed E-state index contributed by atoms with van der Waals surface area (Å²) in [5.41, 5.74) is 0. The topological polar surface area (TPSA) is 61.9 Å². The van der Waals surface area contributed by atoms with Crippen molar-refractivity contribution in [3.63, 3.8) is 0 Å². The van der Waals surface area contributed by atoms with E-state index in [-0.39, 0.29) is 18.0 Å². The number of amides is 2. The van der Waals surface area contributed by atoms with Gasteiger partial charge in [-0.25, -0.2) is 4.79 Å². The molecule has 1 aliphatic rings. The van der Waals surface area contributed by atoms with Crippen molar-refractivity contribution < 1.29 is 14.3 Å². The van der Waals surface area contributed by atoms with Crippen LogP contribution in [0.25, 0.3) is 0 Å². The summed E-state index contributed by atoms with van der Waals surface area (Å²) < 4.78 is 5.01. The minimum Gasteiger partial charge on any atom is -0.450 e. The summed E-state index contributed by atoms with van der Waals surface area (Å²) in [6.45, 7) is 6.39. The van der Waals surface area contributed by atoms with Gasteiger partial charge in [0.2, 0.25) is 5.91 Å². The number of likely N-dealkylation sites (N-methyl/N-ethyl adjacent to an activating group) is 1. The molecule has 6 nitrogen and oxygen atoms in total. The highest BCUT2D eigenvalue weighted by Gasteiger charge is 2.27. The Hall–Kier alpha value is -1.56. The van der Waals surface area contributed by atoms with E-state index < -0.39 is 0 Å². The van der Waals surface area contributed by atoms with Crippen molar-refractivity contribution in [2.45, 2.75) is 32.7 Å². The van der Waals surface area contributed by atoms with Gasteiger partial charge in [0, 0.05) is 31.8 Å². The summed E-state index contributed by atoms with van der Waals surface area (Å²) in [4.78, 5) is 27.2. The first-order valence-electron chi connectivity index (χ1n) is 7.97. The molecule has 0 spiro atoms. The molecule has 1 atom stereocenters. The standard InChI is InChI=1S/C16H29N3O3/c1-5-22-16(21)19-11-8-14(9-12-19)13(2)17-15(20)7-6-10-18(3)4/h6-7,13-14H,5,8-12H2,1-4H3,(H,17,20)/b7-6+. The van der Waals surface area contributed by atoms with Crippen LogP contribution in [0, 0.1) is 5.92 Å². The molecule has 1 aliphatic heterocycles. The Morgan fingerprint density at radius 1 is 1.36 bits per heavy atom. The van der Waals surface area contributed by atoms with Crippen LogP contribution in [0.5, 0.6) is 0 Å². The third-order valence-electron chi connectivity index (χ3n) is 3.88. The van der Waals surface area contributed by atoms with Gasteiger partial charge in [-0.1, -0.05) is 6.08 Å². The van der Waals surface area contributed by atoms with E-state index in [1.807, 2.05) is 38.9 Å². The maximum Gasteiger partial charge on any atom is 0.409 e. The molecule has 0 bridgehead atoms. The van der Waals surface area contributed by atoms with Gasteiger partial charge in [-0.2, -0.15) is 0 Å². The molecule has 1 N–H and O–H groups in total. The molecule has 0 aliphatic carbocycles. The number of nitrogens with one attached hydrogen (secondary N) is 1. The van der Waals surface area contributed by atoms with Crippen molar-refractivity contribution in [2.75, 3.05) is 40.3 Å². The molecule has 0 saturated carbocycles. The maximum atomic E-state index is 11.8. The second kappa shape index (κ2) is 9.46. The van der Waals surface area contributed by atoms with E-state index in [9.17, 15) is 9.59 Å². The smallest absolute Gasteiger partial charge is 0.409 e. The highest BCUT2D eigenvalue weighted by molar-refractivity contribution is 5.87. The molecular formula is C16H29N3O3. The van der Waals surface area contributed by atoms with Crippen LogP contribution >= 0.6 is 0 Å². The van der Waals surface area contributed by atoms with Crippen LogP contribution < -0.4 is 5.32 Å². The molecule has 0 aromatic rings. The zero-order valence-corrected chi connectivity index (χ0v) is 14.2. The van der Waals surface area contributed by atoms with Gasteiger partial charge in [0.15, 0.2) is 0 Å². The summed E-state index contributed by atoms with van der Waals surface area (Å²) in [6, 6.07) is 0.112. The maximum absolute atomic E-state index is 11.8. The van der Waals surface area contributed by atoms with E-state index in [0.29, 0.717) is 25.6 Å². The lowest BCUT2D eigenvalue weighted by Gasteiger charge is -2.34. The van der Waals surface area contributed by atoms with Gasteiger partial charge in [0.25, 0.3) is 0 Å². The molecule has 0 aromatic carbocycles. The van der Waals surface area contributed by atoms with E-state index in [0.717, 1.165) is 19.4 Å². The van der Waals surface area contributed by atoms with E-state index in [2.05, 4.69) is 5.32 Å². The first-order chi connectivity index (χ1) is 10.4. The summed E-state index contributed by atoms with van der Waals surface area (Å²) in [7, 11) is 3.92. The molecule has 1 unspecified atom stereocenters. The Morgan fingerprint density at radius 3 is 2.55 bits per heavy atom. The normalized spacial score (nSPS) is 17.8. The molecule has 0 aromatic heterocycles. The van der Waals surface area contributed by atoms with Crippen LogP contribution in [-0.4, -0.2) is 68.2 Å². The number of likely N-dealkylation sites (tertiary alicyclic amines) is 1. The minimum atomic E-state index is -0.232. The van der Waals surface area contributed by atoms with Crippen LogP contribution in [0.1, 0.15) is 26.7 Å². The molecule has 22 heavy (non-hydrogen) atoms. The average Bonchev–Trinajstić information content (AvgIpc) is 2.47. The van der Waals surface area contributed by atoms with Crippen molar-refractivity contribution in [1.82, 2.24) is 15.1 Å². The first-order valence-corrected chi connectivity index (χ1v) is 7.97. The third-order valence-corrected chi connectivity index (χ3v) is 3.88. The van der Waals surface area contributed by atoms with Gasteiger partial charge in [0.05, 0.1) is 6.61 Å². The van der Waals surface area contributed by atoms with Gasteiger partial charge in [-0.15, -0.1) is 0 Å². The Kier molecular flexibility index (Phi) is 7.95. The van der Waals surface area contributed by atoms with Crippen LogP contribution in [0.4, 0.5) is 4.79 Å². The lowest BCUT2D eigenvalue weighted by molar-refractivity contribution is -0.117. The van der Waals surface area contributed by atoms with Crippen molar-refractivity contribution >= 4 is 12.0 Å². The highest BCUT2D eigenvalue weighted by Crippen LogP contribution is 2.21. The molecule has 1 rings (SSSR count). The van der Waals surface area contributed by atoms with E-state index >= 15 is 0 Å². The Labute approximate surface area is 133 Å². The van der Waals surface area contributed by atoms with Gasteiger partial charge in [0.1, 0.15) is 0 Å². The lowest BCUT2D eigenvalue weighted by atomic mass is 9.90. The number of hydrogen-bond acceptors (Lipinski definition) is 4. The molecule has 0 radical (unpaired) electrons. The van der Waals surface area contributed by atoms with Crippen LogP contribution in [-0.2, 0) is 9.53 Å². The molecule has 126 valence electrons. The quantitative estimate of drug-likeness (QED) is 0.755. The second-order valence-corrected chi connectivity index (χ2v) is 5.99. The van der Waals surface area contributed by atoms with Crippen LogP contribution in [0.3, 0.4) is 0 Å². The number of nitrogens with zero attached hydrogens (tertiary/aromatic N) is 2. The Morgan fingerprint density at radius 2 is 2.00 bits per heavy atom. The van der Waals surface area contributed by atoms with Crippen molar-refractivity contribution in [1.29, 1.82) is 0 Å². The molecule has 1 heterocycles. The largest absolute Gasteiger partial charge is 0.450 e. The van der Waals surface area contributed by atoms with E-state index in [4.69, 9.17) is 4.74 Å². The van der Waals surface area contributed by atoms with Crippen LogP contribution in [0.15, 0.2) is 12.2 Å². The summed E-state index contributed by atoms with van der Waals surface area (Å²) in [5.74, 6) is 0.346. The molecular weight excluding hydrogens is 282 g/mol. The van der Waals surface area contributed by atoms with Crippen molar-refractivity contribution in [3.8, 4) is 0 Å². The minimum absolute atomic E-state index is 0.0535. The van der Waals surface area contributed by atoms with E-state index in [1.165, 1.54) is 0 Å². The van der Waals surface area contributed by atoms with Crippen molar-refractivity contribution in [2.24, 2.45) is 5.92 Å².